The highest BCUT2D eigenvalue weighted by atomic mass is 16.5. The van der Waals surface area contributed by atoms with E-state index in [-0.39, 0.29) is 5.41 Å². The van der Waals surface area contributed by atoms with Crippen LogP contribution in [0.1, 0.15) is 43.3 Å². The van der Waals surface area contributed by atoms with Crippen LogP contribution < -0.4 is 4.74 Å². The first-order chi connectivity index (χ1) is 24.0. The zero-order chi connectivity index (χ0) is 33.0. The van der Waals surface area contributed by atoms with Crippen LogP contribution >= 0.6 is 0 Å². The van der Waals surface area contributed by atoms with Gasteiger partial charge in [-0.05, 0) is 109 Å². The SMILES string of the molecule is CCc1nc2cccc3c2n1-c1cc(-c2c4ccccc4c(-c4ccc5c(c4)C(C)(C)c4cc(C#N)ccc4-5)c4ccccc24)ccc1O3. The van der Waals surface area contributed by atoms with Crippen molar-refractivity contribution in [3.05, 3.63) is 144 Å². The molecule has 0 N–H and O–H groups in total. The minimum absolute atomic E-state index is 0.223. The van der Waals surface area contributed by atoms with Gasteiger partial charge in [-0.1, -0.05) is 99.6 Å². The molecular weight excluding hydrogens is 599 g/mol. The van der Waals surface area contributed by atoms with Crippen molar-refractivity contribution < 1.29 is 4.74 Å². The third-order valence-electron chi connectivity index (χ3n) is 10.8. The maximum atomic E-state index is 9.64. The number of hydrogen-bond donors (Lipinski definition) is 0. The van der Waals surface area contributed by atoms with E-state index >= 15 is 0 Å². The van der Waals surface area contributed by atoms with Gasteiger partial charge in [0.2, 0.25) is 0 Å². The Labute approximate surface area is 284 Å². The Hall–Kier alpha value is -6.18. The van der Waals surface area contributed by atoms with Crippen molar-refractivity contribution in [2.24, 2.45) is 0 Å². The van der Waals surface area contributed by atoms with Crippen LogP contribution in [0, 0.1) is 11.3 Å². The van der Waals surface area contributed by atoms with E-state index in [0.29, 0.717) is 5.56 Å². The molecule has 7 aromatic carbocycles. The molecule has 1 aliphatic carbocycles. The molecule has 8 aromatic rings. The monoisotopic (exact) mass is 629 g/mol. The lowest BCUT2D eigenvalue weighted by Crippen LogP contribution is -2.15. The summed E-state index contributed by atoms with van der Waals surface area (Å²) in [6, 6.07) is 45.7. The quantitative estimate of drug-likeness (QED) is 0.183. The summed E-state index contributed by atoms with van der Waals surface area (Å²) in [6.45, 7) is 6.71. The fourth-order valence-corrected chi connectivity index (χ4v) is 8.49. The summed E-state index contributed by atoms with van der Waals surface area (Å²) in [5.41, 5.74) is 13.2. The van der Waals surface area contributed by atoms with Crippen LogP contribution in [0.25, 0.3) is 71.6 Å². The fourth-order valence-electron chi connectivity index (χ4n) is 8.49. The number of nitrogens with zero attached hydrogens (tertiary/aromatic N) is 3. The average Bonchev–Trinajstić information content (AvgIpc) is 3.63. The number of fused-ring (bicyclic) bond motifs is 7. The molecular formula is C45H31N3O. The molecule has 0 amide bonds. The van der Waals surface area contributed by atoms with Crippen molar-refractivity contribution in [3.63, 3.8) is 0 Å². The Morgan fingerprint density at radius 3 is 1.94 bits per heavy atom. The Kier molecular flexibility index (Phi) is 5.64. The highest BCUT2D eigenvalue weighted by Crippen LogP contribution is 2.52. The van der Waals surface area contributed by atoms with Crippen LogP contribution in [0.15, 0.2) is 121 Å². The second-order valence-corrected chi connectivity index (χ2v) is 13.7. The van der Waals surface area contributed by atoms with Gasteiger partial charge >= 0.3 is 0 Å². The fraction of sp³-hybridized carbons (Fsp3) is 0.111. The van der Waals surface area contributed by atoms with E-state index in [9.17, 15) is 5.26 Å². The number of benzene rings is 7. The van der Waals surface area contributed by atoms with E-state index in [4.69, 9.17) is 9.72 Å². The normalized spacial score (nSPS) is 13.6. The Morgan fingerprint density at radius 1 is 0.673 bits per heavy atom. The first kappa shape index (κ1) is 27.9. The van der Waals surface area contributed by atoms with E-state index < -0.39 is 0 Å². The molecule has 10 rings (SSSR count). The lowest BCUT2D eigenvalue weighted by molar-refractivity contribution is 0.474. The maximum absolute atomic E-state index is 9.64. The van der Waals surface area contributed by atoms with Crippen molar-refractivity contribution in [3.8, 4) is 56.6 Å². The van der Waals surface area contributed by atoms with E-state index in [1.165, 1.54) is 60.5 Å². The summed E-state index contributed by atoms with van der Waals surface area (Å²) >= 11 is 0. The largest absolute Gasteiger partial charge is 0.453 e. The second-order valence-electron chi connectivity index (χ2n) is 13.7. The van der Waals surface area contributed by atoms with Gasteiger partial charge in [-0.15, -0.1) is 0 Å². The minimum atomic E-state index is -0.223. The van der Waals surface area contributed by atoms with Gasteiger partial charge in [0.05, 0.1) is 22.8 Å². The molecule has 4 heteroatoms. The number of rotatable bonds is 3. The number of para-hydroxylation sites is 1. The van der Waals surface area contributed by atoms with E-state index in [1.807, 2.05) is 18.2 Å². The van der Waals surface area contributed by atoms with Gasteiger partial charge < -0.3 is 4.74 Å². The van der Waals surface area contributed by atoms with E-state index in [0.717, 1.165) is 46.0 Å². The molecule has 0 unspecified atom stereocenters. The lowest BCUT2D eigenvalue weighted by Gasteiger charge is -2.24. The first-order valence-electron chi connectivity index (χ1n) is 16.9. The molecule has 49 heavy (non-hydrogen) atoms. The molecule has 4 nitrogen and oxygen atoms in total. The summed E-state index contributed by atoms with van der Waals surface area (Å²) < 4.78 is 8.75. The van der Waals surface area contributed by atoms with Crippen molar-refractivity contribution in [1.82, 2.24) is 9.55 Å². The summed E-state index contributed by atoms with van der Waals surface area (Å²) in [7, 11) is 0. The van der Waals surface area contributed by atoms with Crippen LogP contribution in [0.4, 0.5) is 0 Å². The number of nitriles is 1. The predicted octanol–water partition coefficient (Wildman–Crippen LogP) is 11.5. The second kappa shape index (κ2) is 9.92. The van der Waals surface area contributed by atoms with Gasteiger partial charge in [0.25, 0.3) is 0 Å². The third-order valence-corrected chi connectivity index (χ3v) is 10.8. The zero-order valence-electron chi connectivity index (χ0n) is 27.5. The number of aromatic nitrogens is 2. The molecule has 2 aliphatic rings. The molecule has 0 atom stereocenters. The van der Waals surface area contributed by atoms with Gasteiger partial charge in [-0.2, -0.15) is 5.26 Å². The highest BCUT2D eigenvalue weighted by Gasteiger charge is 2.36. The Balaban J connectivity index is 1.21. The molecule has 232 valence electrons. The highest BCUT2D eigenvalue weighted by molar-refractivity contribution is 6.21. The van der Waals surface area contributed by atoms with Crippen LogP contribution in [-0.2, 0) is 11.8 Å². The van der Waals surface area contributed by atoms with Crippen LogP contribution in [0.2, 0.25) is 0 Å². The first-order valence-corrected chi connectivity index (χ1v) is 16.9. The molecule has 0 bridgehead atoms. The van der Waals surface area contributed by atoms with Crippen LogP contribution in [0.3, 0.4) is 0 Å². The molecule has 1 aromatic heterocycles. The van der Waals surface area contributed by atoms with Crippen LogP contribution in [-0.4, -0.2) is 9.55 Å². The van der Waals surface area contributed by atoms with Crippen molar-refractivity contribution in [2.45, 2.75) is 32.6 Å². The molecule has 0 radical (unpaired) electrons. The summed E-state index contributed by atoms with van der Waals surface area (Å²) in [6.07, 6.45) is 0.820. The number of imidazole rings is 1. The number of aryl methyl sites for hydroxylation is 1. The summed E-state index contributed by atoms with van der Waals surface area (Å²) in [4.78, 5) is 4.97. The maximum Gasteiger partial charge on any atom is 0.153 e. The van der Waals surface area contributed by atoms with Gasteiger partial charge in [0.15, 0.2) is 11.5 Å². The molecule has 0 fully saturated rings. The van der Waals surface area contributed by atoms with Crippen molar-refractivity contribution >= 4 is 32.6 Å². The van der Waals surface area contributed by atoms with Gasteiger partial charge in [-0.3, -0.25) is 4.57 Å². The molecule has 1 aliphatic heterocycles. The predicted molar refractivity (Wildman–Crippen MR) is 199 cm³/mol. The molecule has 0 saturated heterocycles. The summed E-state index contributed by atoms with van der Waals surface area (Å²) in [5, 5.41) is 14.5. The topological polar surface area (TPSA) is 50.8 Å². The minimum Gasteiger partial charge on any atom is -0.453 e. The van der Waals surface area contributed by atoms with Gasteiger partial charge in [0, 0.05) is 11.8 Å². The molecule has 0 saturated carbocycles. The zero-order valence-corrected chi connectivity index (χ0v) is 27.5. The van der Waals surface area contributed by atoms with Gasteiger partial charge in [0.1, 0.15) is 11.3 Å². The number of hydrogen-bond acceptors (Lipinski definition) is 3. The Morgan fingerprint density at radius 2 is 1.29 bits per heavy atom. The lowest BCUT2D eigenvalue weighted by atomic mass is 9.80. The van der Waals surface area contributed by atoms with Crippen molar-refractivity contribution in [1.29, 1.82) is 5.26 Å². The van der Waals surface area contributed by atoms with E-state index in [2.05, 4.69) is 135 Å². The molecule has 2 heterocycles. The molecule has 0 spiro atoms. The summed E-state index contributed by atoms with van der Waals surface area (Å²) in [5.74, 6) is 2.71. The Bertz CT molecular complexity index is 2720. The third kappa shape index (κ3) is 3.76. The van der Waals surface area contributed by atoms with Crippen LogP contribution in [0.5, 0.6) is 11.5 Å². The average molecular weight is 630 g/mol. The number of ether oxygens (including phenoxy) is 1. The van der Waals surface area contributed by atoms with Crippen molar-refractivity contribution in [2.75, 3.05) is 0 Å². The van der Waals surface area contributed by atoms with E-state index in [1.54, 1.807) is 0 Å². The smallest absolute Gasteiger partial charge is 0.153 e. The standard InChI is InChI=1S/C45H31N3O/c1-4-41-47-37-14-9-15-40-44(37)48(41)38-24-28(18-21-39(38)49-40)43-33-12-7-5-10-31(33)42(32-11-6-8-13-34(32)43)27-17-20-30-29-19-16-26(25-46)22-35(29)45(2,3)36(30)23-27/h5-24H,4H2,1-3H3. The van der Waals surface area contributed by atoms with Gasteiger partial charge in [-0.25, -0.2) is 4.98 Å².